The van der Waals surface area contributed by atoms with Crippen LogP contribution in [-0.4, -0.2) is 21.8 Å². The standard InChI is InChI=1S/C16H15NO3/c18-15(11-6-1-2-7-12(11)16(19)20)13-9-17-14-8-4-3-5-10(13)14/h1-5,8-9,11-12,17H,6-7H2,(H,19,20)/t11-,12+/m1/s1. The second-order valence-electron chi connectivity index (χ2n) is 5.11. The maximum absolute atomic E-state index is 12.7. The van der Waals surface area contributed by atoms with Crippen molar-refractivity contribution in [1.29, 1.82) is 0 Å². The molecule has 3 rings (SSSR count). The number of H-pyrrole nitrogens is 1. The van der Waals surface area contributed by atoms with E-state index < -0.39 is 17.8 Å². The molecule has 0 aliphatic heterocycles. The lowest BCUT2D eigenvalue weighted by atomic mass is 9.78. The van der Waals surface area contributed by atoms with Gasteiger partial charge < -0.3 is 10.1 Å². The van der Waals surface area contributed by atoms with Crippen LogP contribution >= 0.6 is 0 Å². The number of carboxylic acid groups (broad SMARTS) is 1. The third-order valence-corrected chi connectivity index (χ3v) is 3.94. The topological polar surface area (TPSA) is 70.2 Å². The molecule has 2 N–H and O–H groups in total. The molecule has 102 valence electrons. The molecule has 1 heterocycles. The number of carboxylic acids is 1. The number of hydrogen-bond acceptors (Lipinski definition) is 2. The number of aromatic amines is 1. The third-order valence-electron chi connectivity index (χ3n) is 3.94. The Hall–Kier alpha value is -2.36. The maximum atomic E-state index is 12.7. The van der Waals surface area contributed by atoms with Gasteiger partial charge in [-0.1, -0.05) is 30.4 Å². The second kappa shape index (κ2) is 4.96. The van der Waals surface area contributed by atoms with Crippen molar-refractivity contribution >= 4 is 22.7 Å². The van der Waals surface area contributed by atoms with Crippen molar-refractivity contribution in [2.24, 2.45) is 11.8 Å². The average Bonchev–Trinajstić information content (AvgIpc) is 2.90. The predicted octanol–water partition coefficient (Wildman–Crippen LogP) is 3.02. The van der Waals surface area contributed by atoms with Gasteiger partial charge >= 0.3 is 5.97 Å². The summed E-state index contributed by atoms with van der Waals surface area (Å²) in [7, 11) is 0. The van der Waals surface area contributed by atoms with Crippen molar-refractivity contribution in [1.82, 2.24) is 4.98 Å². The number of Topliss-reactive ketones (excluding diaryl/α,β-unsaturated/α-hetero) is 1. The number of rotatable bonds is 3. The number of nitrogens with one attached hydrogen (secondary N) is 1. The monoisotopic (exact) mass is 269 g/mol. The van der Waals surface area contributed by atoms with Crippen LogP contribution in [0.3, 0.4) is 0 Å². The Morgan fingerprint density at radius 2 is 1.80 bits per heavy atom. The van der Waals surface area contributed by atoms with Gasteiger partial charge in [-0.3, -0.25) is 9.59 Å². The van der Waals surface area contributed by atoms with E-state index in [1.165, 1.54) is 0 Å². The van der Waals surface area contributed by atoms with Crippen LogP contribution < -0.4 is 0 Å². The van der Waals surface area contributed by atoms with Crippen molar-refractivity contribution in [3.63, 3.8) is 0 Å². The minimum atomic E-state index is -0.896. The highest BCUT2D eigenvalue weighted by molar-refractivity contribution is 6.09. The number of aromatic nitrogens is 1. The summed E-state index contributed by atoms with van der Waals surface area (Å²) >= 11 is 0. The maximum Gasteiger partial charge on any atom is 0.307 e. The molecule has 0 saturated heterocycles. The quantitative estimate of drug-likeness (QED) is 0.664. The summed E-state index contributed by atoms with van der Waals surface area (Å²) in [5.41, 5.74) is 1.49. The highest BCUT2D eigenvalue weighted by atomic mass is 16.4. The van der Waals surface area contributed by atoms with Crippen molar-refractivity contribution in [2.75, 3.05) is 0 Å². The number of ketones is 1. The van der Waals surface area contributed by atoms with Crippen molar-refractivity contribution in [2.45, 2.75) is 12.8 Å². The molecule has 2 aromatic rings. The molecule has 20 heavy (non-hydrogen) atoms. The lowest BCUT2D eigenvalue weighted by molar-refractivity contribution is -0.143. The summed E-state index contributed by atoms with van der Waals surface area (Å²) in [5.74, 6) is -2.08. The molecule has 1 aliphatic rings. The lowest BCUT2D eigenvalue weighted by Crippen LogP contribution is -2.31. The summed E-state index contributed by atoms with van der Waals surface area (Å²) in [6, 6.07) is 7.56. The van der Waals surface area contributed by atoms with Crippen LogP contribution in [-0.2, 0) is 4.79 Å². The van der Waals surface area contributed by atoms with Gasteiger partial charge in [0.15, 0.2) is 5.78 Å². The minimum absolute atomic E-state index is 0.0841. The fourth-order valence-corrected chi connectivity index (χ4v) is 2.85. The number of allylic oxidation sites excluding steroid dienone is 2. The predicted molar refractivity (Wildman–Crippen MR) is 75.6 cm³/mol. The Morgan fingerprint density at radius 1 is 1.10 bits per heavy atom. The lowest BCUT2D eigenvalue weighted by Gasteiger charge is -2.23. The van der Waals surface area contributed by atoms with Gasteiger partial charge in [0.25, 0.3) is 0 Å². The fourth-order valence-electron chi connectivity index (χ4n) is 2.85. The number of hydrogen-bond donors (Lipinski definition) is 2. The van der Waals surface area contributed by atoms with E-state index in [0.717, 1.165) is 10.9 Å². The number of para-hydroxylation sites is 1. The van der Waals surface area contributed by atoms with Gasteiger partial charge in [0.05, 0.1) is 5.92 Å². The van der Waals surface area contributed by atoms with E-state index in [0.29, 0.717) is 18.4 Å². The summed E-state index contributed by atoms with van der Waals surface area (Å²) < 4.78 is 0. The first-order chi connectivity index (χ1) is 9.68. The van der Waals surface area contributed by atoms with Crippen LogP contribution in [0.2, 0.25) is 0 Å². The molecule has 0 bridgehead atoms. The zero-order valence-corrected chi connectivity index (χ0v) is 10.9. The Balaban J connectivity index is 1.99. The van der Waals surface area contributed by atoms with Gasteiger partial charge in [-0.2, -0.15) is 0 Å². The first-order valence-electron chi connectivity index (χ1n) is 6.66. The molecule has 4 heteroatoms. The Bertz CT molecular complexity index is 699. The zero-order valence-electron chi connectivity index (χ0n) is 10.9. The molecule has 1 aromatic carbocycles. The van der Waals surface area contributed by atoms with Gasteiger partial charge in [-0.15, -0.1) is 0 Å². The summed E-state index contributed by atoms with van der Waals surface area (Å²) in [5, 5.41) is 10.1. The molecular weight excluding hydrogens is 254 g/mol. The first kappa shape index (κ1) is 12.7. The van der Waals surface area contributed by atoms with Crippen molar-refractivity contribution in [3.05, 3.63) is 48.2 Å². The highest BCUT2D eigenvalue weighted by Crippen LogP contribution is 2.31. The van der Waals surface area contributed by atoms with Gasteiger partial charge in [-0.05, 0) is 18.9 Å². The van der Waals surface area contributed by atoms with E-state index in [1.807, 2.05) is 36.4 Å². The van der Waals surface area contributed by atoms with Crippen molar-refractivity contribution in [3.8, 4) is 0 Å². The SMILES string of the molecule is O=C(O)[C@H]1CC=CC[C@H]1C(=O)c1c[nH]c2ccccc12. The van der Waals surface area contributed by atoms with Crippen LogP contribution in [0, 0.1) is 11.8 Å². The van der Waals surface area contributed by atoms with E-state index in [1.54, 1.807) is 6.20 Å². The Morgan fingerprint density at radius 3 is 2.55 bits per heavy atom. The van der Waals surface area contributed by atoms with Gasteiger partial charge in [-0.25, -0.2) is 0 Å². The zero-order chi connectivity index (χ0) is 14.1. The molecular formula is C16H15NO3. The summed E-state index contributed by atoms with van der Waals surface area (Å²) in [6.07, 6.45) is 6.35. The molecule has 0 amide bonds. The number of aliphatic carboxylic acids is 1. The molecule has 0 unspecified atom stereocenters. The smallest absolute Gasteiger partial charge is 0.307 e. The molecule has 4 nitrogen and oxygen atoms in total. The number of fused-ring (bicyclic) bond motifs is 1. The molecule has 0 radical (unpaired) electrons. The molecule has 1 aromatic heterocycles. The van der Waals surface area contributed by atoms with E-state index in [2.05, 4.69) is 4.98 Å². The number of benzene rings is 1. The van der Waals surface area contributed by atoms with Crippen LogP contribution in [0.1, 0.15) is 23.2 Å². The minimum Gasteiger partial charge on any atom is -0.481 e. The van der Waals surface area contributed by atoms with Crippen LogP contribution in [0.15, 0.2) is 42.6 Å². The normalized spacial score (nSPS) is 22.0. The van der Waals surface area contributed by atoms with E-state index >= 15 is 0 Å². The van der Waals surface area contributed by atoms with E-state index in [4.69, 9.17) is 0 Å². The number of carbonyl (C=O) groups excluding carboxylic acids is 1. The van der Waals surface area contributed by atoms with Gasteiger partial charge in [0.2, 0.25) is 0 Å². The number of carbonyl (C=O) groups is 2. The Kier molecular flexibility index (Phi) is 3.14. The molecule has 0 spiro atoms. The molecule has 2 atom stereocenters. The molecule has 1 aliphatic carbocycles. The van der Waals surface area contributed by atoms with Crippen LogP contribution in [0.4, 0.5) is 0 Å². The Labute approximate surface area is 116 Å². The molecule has 0 saturated carbocycles. The fraction of sp³-hybridized carbons (Fsp3) is 0.250. The van der Waals surface area contributed by atoms with E-state index in [9.17, 15) is 14.7 Å². The van der Waals surface area contributed by atoms with Crippen LogP contribution in [0.25, 0.3) is 10.9 Å². The largest absolute Gasteiger partial charge is 0.481 e. The second-order valence-corrected chi connectivity index (χ2v) is 5.11. The van der Waals surface area contributed by atoms with E-state index in [-0.39, 0.29) is 5.78 Å². The van der Waals surface area contributed by atoms with Gasteiger partial charge in [0.1, 0.15) is 0 Å². The first-order valence-corrected chi connectivity index (χ1v) is 6.66. The average molecular weight is 269 g/mol. The third kappa shape index (κ3) is 2.03. The highest BCUT2D eigenvalue weighted by Gasteiger charge is 2.35. The van der Waals surface area contributed by atoms with Crippen molar-refractivity contribution < 1.29 is 14.7 Å². The summed E-state index contributed by atoms with van der Waals surface area (Å²) in [6.45, 7) is 0. The van der Waals surface area contributed by atoms with Crippen LogP contribution in [0.5, 0.6) is 0 Å². The molecule has 0 fully saturated rings. The summed E-state index contributed by atoms with van der Waals surface area (Å²) in [4.78, 5) is 27.0. The van der Waals surface area contributed by atoms with Gasteiger partial charge in [0, 0.05) is 28.6 Å².